The molecule has 2 aromatic carbocycles. The average Bonchev–Trinajstić information content (AvgIpc) is 2.98. The van der Waals surface area contributed by atoms with E-state index in [2.05, 4.69) is 40.5 Å². The Kier molecular flexibility index (Phi) is 4.20. The zero-order valence-corrected chi connectivity index (χ0v) is 12.3. The fourth-order valence-corrected chi connectivity index (χ4v) is 3.17. The lowest BCUT2D eigenvalue weighted by Gasteiger charge is -2.22. The standard InChI is InChI=1S/C18H21FN2/c1-20-12-16-11-17(19)7-8-18(16)21-10-9-15(13-21)14-5-3-2-4-6-14/h2-8,11,15,20H,9-10,12-13H2,1H3. The number of benzene rings is 2. The van der Waals surface area contributed by atoms with Crippen molar-refractivity contribution in [1.29, 1.82) is 0 Å². The molecule has 1 N–H and O–H groups in total. The largest absolute Gasteiger partial charge is 0.371 e. The first kappa shape index (κ1) is 14.1. The van der Waals surface area contributed by atoms with E-state index in [0.29, 0.717) is 12.5 Å². The zero-order chi connectivity index (χ0) is 14.7. The highest BCUT2D eigenvalue weighted by molar-refractivity contribution is 5.55. The molecule has 1 aliphatic rings. The predicted molar refractivity (Wildman–Crippen MR) is 85.2 cm³/mol. The first-order valence-electron chi connectivity index (χ1n) is 7.51. The summed E-state index contributed by atoms with van der Waals surface area (Å²) in [6.07, 6.45) is 1.15. The van der Waals surface area contributed by atoms with Crippen molar-refractivity contribution < 1.29 is 4.39 Å². The third-order valence-corrected chi connectivity index (χ3v) is 4.21. The van der Waals surface area contributed by atoms with Gasteiger partial charge in [-0.2, -0.15) is 0 Å². The molecule has 0 saturated carbocycles. The van der Waals surface area contributed by atoms with E-state index in [-0.39, 0.29) is 5.82 Å². The summed E-state index contributed by atoms with van der Waals surface area (Å²) >= 11 is 0. The Labute approximate surface area is 125 Å². The smallest absolute Gasteiger partial charge is 0.123 e. The van der Waals surface area contributed by atoms with Crippen LogP contribution in [0.4, 0.5) is 10.1 Å². The molecule has 1 saturated heterocycles. The quantitative estimate of drug-likeness (QED) is 0.924. The van der Waals surface area contributed by atoms with Gasteiger partial charge in [-0.25, -0.2) is 4.39 Å². The molecule has 110 valence electrons. The summed E-state index contributed by atoms with van der Waals surface area (Å²) in [7, 11) is 1.89. The van der Waals surface area contributed by atoms with Gasteiger partial charge in [-0.05, 0) is 42.8 Å². The van der Waals surface area contributed by atoms with Crippen LogP contribution in [0.15, 0.2) is 48.5 Å². The van der Waals surface area contributed by atoms with Crippen LogP contribution in [0.1, 0.15) is 23.5 Å². The second kappa shape index (κ2) is 6.27. The van der Waals surface area contributed by atoms with Crippen LogP contribution in [0.25, 0.3) is 0 Å². The van der Waals surface area contributed by atoms with E-state index in [4.69, 9.17) is 0 Å². The van der Waals surface area contributed by atoms with Gasteiger partial charge in [-0.1, -0.05) is 30.3 Å². The monoisotopic (exact) mass is 284 g/mol. The van der Waals surface area contributed by atoms with Crippen molar-refractivity contribution in [3.05, 3.63) is 65.5 Å². The highest BCUT2D eigenvalue weighted by atomic mass is 19.1. The van der Waals surface area contributed by atoms with E-state index >= 15 is 0 Å². The fraction of sp³-hybridized carbons (Fsp3) is 0.333. The Morgan fingerprint density at radius 1 is 1.19 bits per heavy atom. The highest BCUT2D eigenvalue weighted by Crippen LogP contribution is 2.32. The van der Waals surface area contributed by atoms with Crippen LogP contribution in [-0.2, 0) is 6.54 Å². The molecule has 3 rings (SSSR count). The van der Waals surface area contributed by atoms with Crippen molar-refractivity contribution in [2.75, 3.05) is 25.0 Å². The SMILES string of the molecule is CNCc1cc(F)ccc1N1CCC(c2ccccc2)C1. The number of anilines is 1. The molecule has 1 fully saturated rings. The van der Waals surface area contributed by atoms with Crippen molar-refractivity contribution in [2.24, 2.45) is 0 Å². The lowest BCUT2D eigenvalue weighted by Crippen LogP contribution is -2.22. The second-order valence-corrected chi connectivity index (χ2v) is 5.65. The summed E-state index contributed by atoms with van der Waals surface area (Å²) in [5, 5.41) is 3.12. The molecule has 0 radical (unpaired) electrons. The van der Waals surface area contributed by atoms with Crippen LogP contribution in [0.5, 0.6) is 0 Å². The Morgan fingerprint density at radius 2 is 2.00 bits per heavy atom. The number of nitrogens with zero attached hydrogens (tertiary/aromatic N) is 1. The maximum Gasteiger partial charge on any atom is 0.123 e. The van der Waals surface area contributed by atoms with E-state index < -0.39 is 0 Å². The minimum atomic E-state index is -0.164. The molecule has 1 heterocycles. The lowest BCUT2D eigenvalue weighted by molar-refractivity contribution is 0.623. The van der Waals surface area contributed by atoms with Crippen molar-refractivity contribution in [3.63, 3.8) is 0 Å². The second-order valence-electron chi connectivity index (χ2n) is 5.65. The van der Waals surface area contributed by atoms with Crippen LogP contribution in [0.2, 0.25) is 0 Å². The average molecular weight is 284 g/mol. The number of nitrogens with one attached hydrogen (secondary N) is 1. The number of rotatable bonds is 4. The molecule has 21 heavy (non-hydrogen) atoms. The number of hydrogen-bond acceptors (Lipinski definition) is 2. The van der Waals surface area contributed by atoms with Crippen LogP contribution in [0, 0.1) is 5.82 Å². The molecular weight excluding hydrogens is 263 g/mol. The lowest BCUT2D eigenvalue weighted by atomic mass is 9.99. The number of halogens is 1. The molecule has 1 unspecified atom stereocenters. The summed E-state index contributed by atoms with van der Waals surface area (Å²) in [4.78, 5) is 2.38. The van der Waals surface area contributed by atoms with Gasteiger partial charge in [-0.15, -0.1) is 0 Å². The zero-order valence-electron chi connectivity index (χ0n) is 12.3. The van der Waals surface area contributed by atoms with Crippen LogP contribution < -0.4 is 10.2 Å². The molecule has 1 atom stereocenters. The summed E-state index contributed by atoms with van der Waals surface area (Å²) in [6, 6.07) is 15.8. The van der Waals surface area contributed by atoms with Gasteiger partial charge in [0.15, 0.2) is 0 Å². The molecule has 0 spiro atoms. The molecular formula is C18H21FN2. The maximum atomic E-state index is 13.5. The van der Waals surface area contributed by atoms with Crippen LogP contribution in [-0.4, -0.2) is 20.1 Å². The van der Waals surface area contributed by atoms with Crippen LogP contribution in [0.3, 0.4) is 0 Å². The fourth-order valence-electron chi connectivity index (χ4n) is 3.17. The Hall–Kier alpha value is -1.87. The van der Waals surface area contributed by atoms with Crippen LogP contribution >= 0.6 is 0 Å². The van der Waals surface area contributed by atoms with E-state index in [1.54, 1.807) is 12.1 Å². The summed E-state index contributed by atoms with van der Waals surface area (Å²) in [5.41, 5.74) is 3.59. The minimum absolute atomic E-state index is 0.164. The molecule has 3 heteroatoms. The van der Waals surface area contributed by atoms with Gasteiger partial charge in [0, 0.05) is 31.2 Å². The minimum Gasteiger partial charge on any atom is -0.371 e. The molecule has 2 nitrogen and oxygen atoms in total. The summed E-state index contributed by atoms with van der Waals surface area (Å²) in [5.74, 6) is 0.404. The van der Waals surface area contributed by atoms with Gasteiger partial charge in [0.25, 0.3) is 0 Å². The van der Waals surface area contributed by atoms with Gasteiger partial charge in [0.05, 0.1) is 0 Å². The van der Waals surface area contributed by atoms with Gasteiger partial charge in [0.2, 0.25) is 0 Å². The third-order valence-electron chi connectivity index (χ3n) is 4.21. The molecule has 2 aromatic rings. The van der Waals surface area contributed by atoms with E-state index in [0.717, 1.165) is 30.8 Å². The summed E-state index contributed by atoms with van der Waals surface area (Å²) < 4.78 is 13.5. The normalized spacial score (nSPS) is 18.2. The van der Waals surface area contributed by atoms with Gasteiger partial charge in [0.1, 0.15) is 5.82 Å². The molecule has 0 aliphatic carbocycles. The predicted octanol–water partition coefficient (Wildman–Crippen LogP) is 3.54. The van der Waals surface area contributed by atoms with Crippen molar-refractivity contribution in [1.82, 2.24) is 5.32 Å². The van der Waals surface area contributed by atoms with Crippen molar-refractivity contribution in [3.8, 4) is 0 Å². The van der Waals surface area contributed by atoms with E-state index in [9.17, 15) is 4.39 Å². The van der Waals surface area contributed by atoms with Gasteiger partial charge >= 0.3 is 0 Å². The Bertz CT molecular complexity index is 597. The van der Waals surface area contributed by atoms with E-state index in [1.165, 1.54) is 5.56 Å². The molecule has 0 amide bonds. The first-order valence-corrected chi connectivity index (χ1v) is 7.51. The maximum absolute atomic E-state index is 13.5. The highest BCUT2D eigenvalue weighted by Gasteiger charge is 2.25. The first-order chi connectivity index (χ1) is 10.3. The van der Waals surface area contributed by atoms with E-state index in [1.807, 2.05) is 13.1 Å². The number of hydrogen-bond donors (Lipinski definition) is 1. The Morgan fingerprint density at radius 3 is 2.76 bits per heavy atom. The summed E-state index contributed by atoms with van der Waals surface area (Å²) in [6.45, 7) is 2.73. The van der Waals surface area contributed by atoms with Gasteiger partial charge in [-0.3, -0.25) is 0 Å². The van der Waals surface area contributed by atoms with Crippen molar-refractivity contribution in [2.45, 2.75) is 18.9 Å². The third kappa shape index (κ3) is 3.08. The molecule has 0 bridgehead atoms. The Balaban J connectivity index is 1.80. The van der Waals surface area contributed by atoms with Crippen molar-refractivity contribution >= 4 is 5.69 Å². The molecule has 0 aromatic heterocycles. The van der Waals surface area contributed by atoms with Gasteiger partial charge < -0.3 is 10.2 Å². The topological polar surface area (TPSA) is 15.3 Å². The molecule has 1 aliphatic heterocycles.